The Morgan fingerprint density at radius 2 is 2.11 bits per heavy atom. The van der Waals surface area contributed by atoms with Gasteiger partial charge in [-0.05, 0) is 34.7 Å². The highest BCUT2D eigenvalue weighted by molar-refractivity contribution is 5.49. The minimum Gasteiger partial charge on any atom is -0.354 e. The van der Waals surface area contributed by atoms with Crippen molar-refractivity contribution in [3.63, 3.8) is 0 Å². The van der Waals surface area contributed by atoms with Crippen LogP contribution in [0.5, 0.6) is 0 Å². The van der Waals surface area contributed by atoms with E-state index in [9.17, 15) is 0 Å². The zero-order valence-electron chi connectivity index (χ0n) is 12.7. The van der Waals surface area contributed by atoms with Gasteiger partial charge in [-0.25, -0.2) is 4.98 Å². The molecular weight excluding hydrogens is 238 g/mol. The van der Waals surface area contributed by atoms with Gasteiger partial charge in [-0.2, -0.15) is 4.98 Å². The summed E-state index contributed by atoms with van der Waals surface area (Å²) in [5.74, 6) is 1.78. The van der Waals surface area contributed by atoms with E-state index in [1.54, 1.807) is 0 Å². The lowest BCUT2D eigenvalue weighted by Crippen LogP contribution is -2.58. The average Bonchev–Trinajstić information content (AvgIpc) is 2.35. The molecule has 0 unspecified atom stereocenters. The van der Waals surface area contributed by atoms with Gasteiger partial charge in [0.05, 0.1) is 0 Å². The van der Waals surface area contributed by atoms with Crippen molar-refractivity contribution < 1.29 is 0 Å². The van der Waals surface area contributed by atoms with E-state index in [-0.39, 0.29) is 5.54 Å². The maximum absolute atomic E-state index is 4.66. The van der Waals surface area contributed by atoms with Crippen LogP contribution in [0.25, 0.3) is 0 Å². The van der Waals surface area contributed by atoms with Crippen LogP contribution in [0.1, 0.15) is 26.3 Å². The first-order valence-corrected chi connectivity index (χ1v) is 6.98. The van der Waals surface area contributed by atoms with Crippen LogP contribution in [-0.4, -0.2) is 53.6 Å². The summed E-state index contributed by atoms with van der Waals surface area (Å²) in [6, 6.07) is 0. The first-order chi connectivity index (χ1) is 8.94. The summed E-state index contributed by atoms with van der Waals surface area (Å²) >= 11 is 0. The Hall–Kier alpha value is -1.36. The van der Waals surface area contributed by atoms with E-state index in [4.69, 9.17) is 0 Å². The molecular formula is C14H25N5. The topological polar surface area (TPSA) is 44.3 Å². The third kappa shape index (κ3) is 2.97. The van der Waals surface area contributed by atoms with Gasteiger partial charge in [-0.3, -0.25) is 4.90 Å². The van der Waals surface area contributed by atoms with Crippen molar-refractivity contribution in [2.24, 2.45) is 0 Å². The number of anilines is 2. The fourth-order valence-electron chi connectivity index (χ4n) is 2.42. The fraction of sp³-hybridized carbons (Fsp3) is 0.714. The Labute approximate surface area is 116 Å². The van der Waals surface area contributed by atoms with Crippen molar-refractivity contribution >= 4 is 11.8 Å². The van der Waals surface area contributed by atoms with E-state index in [1.807, 2.05) is 6.20 Å². The molecule has 0 bridgehead atoms. The number of aryl methyl sites for hydroxylation is 1. The minimum absolute atomic E-state index is 0.175. The van der Waals surface area contributed by atoms with Gasteiger partial charge in [0.2, 0.25) is 5.95 Å². The summed E-state index contributed by atoms with van der Waals surface area (Å²) in [6.07, 6.45) is 1.91. The molecule has 0 radical (unpaired) electrons. The van der Waals surface area contributed by atoms with Gasteiger partial charge in [-0.15, -0.1) is 0 Å². The normalized spacial score (nSPS) is 19.5. The van der Waals surface area contributed by atoms with Crippen LogP contribution < -0.4 is 10.2 Å². The Kier molecular flexibility index (Phi) is 3.94. The van der Waals surface area contributed by atoms with Crippen molar-refractivity contribution in [2.75, 3.05) is 43.4 Å². The lowest BCUT2D eigenvalue weighted by atomic mass is 9.99. The molecule has 5 heteroatoms. The lowest BCUT2D eigenvalue weighted by molar-refractivity contribution is 0.138. The predicted molar refractivity (Wildman–Crippen MR) is 79.9 cm³/mol. The number of hydrogen-bond acceptors (Lipinski definition) is 5. The summed E-state index contributed by atoms with van der Waals surface area (Å²) in [7, 11) is 2.19. The molecule has 1 saturated heterocycles. The van der Waals surface area contributed by atoms with Crippen LogP contribution in [-0.2, 0) is 0 Å². The first-order valence-electron chi connectivity index (χ1n) is 6.98. The molecule has 0 saturated carbocycles. The van der Waals surface area contributed by atoms with Crippen LogP contribution >= 0.6 is 0 Å². The quantitative estimate of drug-likeness (QED) is 0.900. The summed E-state index contributed by atoms with van der Waals surface area (Å²) < 4.78 is 0. The van der Waals surface area contributed by atoms with E-state index in [0.29, 0.717) is 0 Å². The van der Waals surface area contributed by atoms with Crippen molar-refractivity contribution in [2.45, 2.75) is 33.2 Å². The Morgan fingerprint density at radius 3 is 2.74 bits per heavy atom. The van der Waals surface area contributed by atoms with E-state index in [2.05, 4.69) is 59.8 Å². The number of hydrogen-bond donors (Lipinski definition) is 1. The number of aromatic nitrogens is 2. The Morgan fingerprint density at radius 1 is 1.37 bits per heavy atom. The third-order valence-corrected chi connectivity index (χ3v) is 3.90. The average molecular weight is 263 g/mol. The van der Waals surface area contributed by atoms with Crippen LogP contribution in [0.2, 0.25) is 0 Å². The minimum atomic E-state index is 0.175. The smallest absolute Gasteiger partial charge is 0.224 e. The molecule has 2 rings (SSSR count). The summed E-state index contributed by atoms with van der Waals surface area (Å²) in [4.78, 5) is 13.8. The van der Waals surface area contributed by atoms with Crippen molar-refractivity contribution in [1.82, 2.24) is 14.9 Å². The predicted octanol–water partition coefficient (Wildman–Crippen LogP) is 1.75. The Balaban J connectivity index is 2.24. The van der Waals surface area contributed by atoms with E-state index >= 15 is 0 Å². The number of likely N-dealkylation sites (N-methyl/N-ethyl adjacent to an activating group) is 1. The van der Waals surface area contributed by atoms with Gasteiger partial charge in [-0.1, -0.05) is 0 Å². The molecule has 1 aliphatic heterocycles. The molecule has 1 aromatic heterocycles. The lowest BCUT2D eigenvalue weighted by Gasteiger charge is -2.46. The number of nitrogens with zero attached hydrogens (tertiary/aromatic N) is 4. The molecule has 106 valence electrons. The standard InChI is InChI=1S/C14H25N5/c1-6-15-13-16-9-11(2)12(17-13)19-8-7-18(5)14(3,4)10-19/h9H,6-8,10H2,1-5H3,(H,15,16,17). The number of rotatable bonds is 3. The van der Waals surface area contributed by atoms with Crippen LogP contribution in [0.3, 0.4) is 0 Å². The first kappa shape index (κ1) is 14.1. The maximum atomic E-state index is 4.66. The molecule has 1 fully saturated rings. The molecule has 1 N–H and O–H groups in total. The molecule has 2 heterocycles. The highest BCUT2D eigenvalue weighted by Crippen LogP contribution is 2.25. The van der Waals surface area contributed by atoms with Crippen LogP contribution in [0.15, 0.2) is 6.20 Å². The molecule has 0 aliphatic carbocycles. The zero-order valence-corrected chi connectivity index (χ0v) is 12.7. The van der Waals surface area contributed by atoms with Crippen molar-refractivity contribution in [1.29, 1.82) is 0 Å². The summed E-state index contributed by atoms with van der Waals surface area (Å²) in [5.41, 5.74) is 1.32. The van der Waals surface area contributed by atoms with Crippen molar-refractivity contribution in [3.05, 3.63) is 11.8 Å². The Bertz CT molecular complexity index is 443. The monoisotopic (exact) mass is 263 g/mol. The largest absolute Gasteiger partial charge is 0.354 e. The van der Waals surface area contributed by atoms with Gasteiger partial charge in [0.25, 0.3) is 0 Å². The van der Waals surface area contributed by atoms with Gasteiger partial charge in [0.1, 0.15) is 5.82 Å². The second kappa shape index (κ2) is 5.33. The summed E-state index contributed by atoms with van der Waals surface area (Å²) in [6.45, 7) is 12.6. The van der Waals surface area contributed by atoms with Crippen LogP contribution in [0.4, 0.5) is 11.8 Å². The van der Waals surface area contributed by atoms with E-state index < -0.39 is 0 Å². The van der Waals surface area contributed by atoms with E-state index in [0.717, 1.165) is 43.5 Å². The number of nitrogens with one attached hydrogen (secondary N) is 1. The molecule has 1 aromatic rings. The SMILES string of the molecule is CCNc1ncc(C)c(N2CCN(C)C(C)(C)C2)n1. The fourth-order valence-corrected chi connectivity index (χ4v) is 2.42. The highest BCUT2D eigenvalue weighted by atomic mass is 15.3. The van der Waals surface area contributed by atoms with Gasteiger partial charge in [0, 0.05) is 43.5 Å². The van der Waals surface area contributed by atoms with Crippen molar-refractivity contribution in [3.8, 4) is 0 Å². The molecule has 1 aliphatic rings. The molecule has 5 nitrogen and oxygen atoms in total. The third-order valence-electron chi connectivity index (χ3n) is 3.90. The molecule has 0 atom stereocenters. The second-order valence-corrected chi connectivity index (χ2v) is 5.89. The van der Waals surface area contributed by atoms with Gasteiger partial charge >= 0.3 is 0 Å². The summed E-state index contributed by atoms with van der Waals surface area (Å²) in [5, 5.41) is 3.18. The molecule has 0 spiro atoms. The van der Waals surface area contributed by atoms with Gasteiger partial charge in [0.15, 0.2) is 0 Å². The number of piperazine rings is 1. The second-order valence-electron chi connectivity index (χ2n) is 5.89. The zero-order chi connectivity index (χ0) is 14.0. The van der Waals surface area contributed by atoms with E-state index in [1.165, 1.54) is 0 Å². The molecule has 0 aromatic carbocycles. The molecule has 0 amide bonds. The van der Waals surface area contributed by atoms with Crippen LogP contribution in [0, 0.1) is 6.92 Å². The van der Waals surface area contributed by atoms with Gasteiger partial charge < -0.3 is 10.2 Å². The molecule has 19 heavy (non-hydrogen) atoms. The maximum Gasteiger partial charge on any atom is 0.224 e. The highest BCUT2D eigenvalue weighted by Gasteiger charge is 2.32.